The number of benzene rings is 2. The summed E-state index contributed by atoms with van der Waals surface area (Å²) in [6.45, 7) is 2.34. The summed E-state index contributed by atoms with van der Waals surface area (Å²) < 4.78 is 13.7. The highest BCUT2D eigenvalue weighted by molar-refractivity contribution is 5.38. The van der Waals surface area contributed by atoms with E-state index in [1.807, 2.05) is 48.1 Å². The van der Waals surface area contributed by atoms with Crippen LogP contribution in [0.15, 0.2) is 66.9 Å². The monoisotopic (exact) mass is 365 g/mol. The maximum absolute atomic E-state index is 6.32. The fourth-order valence-corrected chi connectivity index (χ4v) is 3.16. The maximum Gasteiger partial charge on any atom is 0.128 e. The second-order valence-corrected chi connectivity index (χ2v) is 6.60. The summed E-state index contributed by atoms with van der Waals surface area (Å²) in [6, 6.07) is 20.4. The second-order valence-electron chi connectivity index (χ2n) is 6.60. The number of para-hydroxylation sites is 1. The van der Waals surface area contributed by atoms with E-state index < -0.39 is 0 Å². The lowest BCUT2D eigenvalue weighted by Crippen LogP contribution is -2.24. The lowest BCUT2D eigenvalue weighted by molar-refractivity contribution is 0.0575. The highest BCUT2D eigenvalue weighted by Crippen LogP contribution is 2.32. The van der Waals surface area contributed by atoms with Crippen LogP contribution < -0.4 is 4.74 Å². The normalized spacial score (nSPS) is 12.3. The Bertz CT molecular complexity index is 832. The highest BCUT2D eigenvalue weighted by Gasteiger charge is 2.21. The molecular formula is C22H27N3O2. The molecule has 1 aromatic heterocycles. The number of likely N-dealkylation sites (N-methyl/N-ethyl adjacent to an activating group) is 1. The van der Waals surface area contributed by atoms with Crippen LogP contribution >= 0.6 is 0 Å². The van der Waals surface area contributed by atoms with Crippen LogP contribution in [0.5, 0.6) is 5.75 Å². The average molecular weight is 365 g/mol. The summed E-state index contributed by atoms with van der Waals surface area (Å²) in [4.78, 5) is 2.26. The van der Waals surface area contributed by atoms with Crippen molar-refractivity contribution in [1.29, 1.82) is 0 Å². The lowest BCUT2D eigenvalue weighted by atomic mass is 10.1. The van der Waals surface area contributed by atoms with E-state index in [1.54, 1.807) is 13.3 Å². The van der Waals surface area contributed by atoms with E-state index in [0.717, 1.165) is 30.1 Å². The predicted octanol–water partition coefficient (Wildman–Crippen LogP) is 3.67. The molecule has 0 bridgehead atoms. The molecule has 142 valence electrons. The topological polar surface area (TPSA) is 39.5 Å². The van der Waals surface area contributed by atoms with Gasteiger partial charge in [0.1, 0.15) is 11.9 Å². The summed E-state index contributed by atoms with van der Waals surface area (Å²) in [5.41, 5.74) is 3.31. The average Bonchev–Trinajstić information content (AvgIpc) is 3.12. The van der Waals surface area contributed by atoms with Crippen LogP contribution in [-0.4, -0.2) is 42.0 Å². The first-order chi connectivity index (χ1) is 13.2. The van der Waals surface area contributed by atoms with Crippen molar-refractivity contribution in [1.82, 2.24) is 14.7 Å². The third-order valence-electron chi connectivity index (χ3n) is 4.60. The molecule has 0 saturated carbocycles. The van der Waals surface area contributed by atoms with Crippen LogP contribution in [0.2, 0.25) is 0 Å². The van der Waals surface area contributed by atoms with E-state index in [-0.39, 0.29) is 6.10 Å². The van der Waals surface area contributed by atoms with Gasteiger partial charge in [-0.15, -0.1) is 0 Å². The molecule has 1 atom stereocenters. The molecule has 0 aliphatic rings. The zero-order valence-corrected chi connectivity index (χ0v) is 16.2. The third-order valence-corrected chi connectivity index (χ3v) is 4.60. The Labute approximate surface area is 161 Å². The standard InChI is InChI=1S/C22H27N3O2/c1-24(17-18-9-5-4-6-10-18)15-16-27-22(20-13-14-23-25(20)2)19-11-7-8-12-21(19)26-3/h4-14,22H,15-17H2,1-3H3. The van der Waals surface area contributed by atoms with E-state index >= 15 is 0 Å². The number of methoxy groups -OCH3 is 1. The molecule has 0 amide bonds. The van der Waals surface area contributed by atoms with E-state index in [4.69, 9.17) is 9.47 Å². The molecule has 0 saturated heterocycles. The molecule has 27 heavy (non-hydrogen) atoms. The minimum atomic E-state index is -0.223. The highest BCUT2D eigenvalue weighted by atomic mass is 16.5. The fourth-order valence-electron chi connectivity index (χ4n) is 3.16. The summed E-state index contributed by atoms with van der Waals surface area (Å²) in [5.74, 6) is 0.821. The molecule has 5 nitrogen and oxygen atoms in total. The molecular weight excluding hydrogens is 338 g/mol. The summed E-state index contributed by atoms with van der Waals surface area (Å²) in [7, 11) is 5.73. The van der Waals surface area contributed by atoms with Gasteiger partial charge in [-0.05, 0) is 24.7 Å². The largest absolute Gasteiger partial charge is 0.496 e. The van der Waals surface area contributed by atoms with Crippen LogP contribution in [0.1, 0.15) is 22.9 Å². The van der Waals surface area contributed by atoms with Crippen molar-refractivity contribution in [2.75, 3.05) is 27.3 Å². The number of aryl methyl sites for hydroxylation is 1. The van der Waals surface area contributed by atoms with Gasteiger partial charge in [0, 0.05) is 31.9 Å². The van der Waals surface area contributed by atoms with Gasteiger partial charge >= 0.3 is 0 Å². The van der Waals surface area contributed by atoms with Crippen LogP contribution in [-0.2, 0) is 18.3 Å². The Morgan fingerprint density at radius 2 is 1.78 bits per heavy atom. The quantitative estimate of drug-likeness (QED) is 0.580. The van der Waals surface area contributed by atoms with Crippen LogP contribution in [0, 0.1) is 0 Å². The van der Waals surface area contributed by atoms with Gasteiger partial charge in [0.15, 0.2) is 0 Å². The Kier molecular flexibility index (Phi) is 6.63. The van der Waals surface area contributed by atoms with Gasteiger partial charge in [-0.2, -0.15) is 5.10 Å². The van der Waals surface area contributed by atoms with Crippen molar-refractivity contribution in [3.8, 4) is 5.75 Å². The Morgan fingerprint density at radius 3 is 2.48 bits per heavy atom. The van der Waals surface area contributed by atoms with Crippen molar-refractivity contribution < 1.29 is 9.47 Å². The minimum absolute atomic E-state index is 0.223. The zero-order chi connectivity index (χ0) is 19.1. The summed E-state index contributed by atoms with van der Waals surface area (Å²) in [6.07, 6.45) is 1.57. The Hall–Kier alpha value is -2.63. The summed E-state index contributed by atoms with van der Waals surface area (Å²) in [5, 5.41) is 4.30. The summed E-state index contributed by atoms with van der Waals surface area (Å²) >= 11 is 0. The van der Waals surface area contributed by atoms with Crippen LogP contribution in [0.4, 0.5) is 0 Å². The first-order valence-electron chi connectivity index (χ1n) is 9.14. The van der Waals surface area contributed by atoms with Gasteiger partial charge in [0.05, 0.1) is 19.4 Å². The number of rotatable bonds is 9. The smallest absolute Gasteiger partial charge is 0.128 e. The lowest BCUT2D eigenvalue weighted by Gasteiger charge is -2.23. The molecule has 1 unspecified atom stereocenters. The third kappa shape index (κ3) is 4.96. The molecule has 5 heteroatoms. The first-order valence-corrected chi connectivity index (χ1v) is 9.14. The molecule has 3 rings (SSSR count). The second kappa shape index (κ2) is 9.35. The van der Waals surface area contributed by atoms with Crippen LogP contribution in [0.25, 0.3) is 0 Å². The van der Waals surface area contributed by atoms with Crippen LogP contribution in [0.3, 0.4) is 0 Å². The molecule has 0 spiro atoms. The van der Waals surface area contributed by atoms with Crippen molar-refractivity contribution >= 4 is 0 Å². The van der Waals surface area contributed by atoms with E-state index in [9.17, 15) is 0 Å². The SMILES string of the molecule is COc1ccccc1C(OCCN(C)Cc1ccccc1)c1ccnn1C. The molecule has 0 N–H and O–H groups in total. The Balaban J connectivity index is 1.68. The van der Waals surface area contributed by atoms with Crippen molar-refractivity contribution in [3.05, 3.63) is 83.7 Å². The first kappa shape index (κ1) is 19.1. The molecule has 0 fully saturated rings. The Morgan fingerprint density at radius 1 is 1.04 bits per heavy atom. The molecule has 3 aromatic rings. The molecule has 1 heterocycles. The van der Waals surface area contributed by atoms with E-state index in [1.165, 1.54) is 5.56 Å². The van der Waals surface area contributed by atoms with Gasteiger partial charge in [-0.3, -0.25) is 9.58 Å². The van der Waals surface area contributed by atoms with Gasteiger partial charge in [0.2, 0.25) is 0 Å². The van der Waals surface area contributed by atoms with Gasteiger partial charge in [-0.1, -0.05) is 48.5 Å². The molecule has 2 aromatic carbocycles. The number of nitrogens with zero attached hydrogens (tertiary/aromatic N) is 3. The van der Waals surface area contributed by atoms with E-state index in [0.29, 0.717) is 6.61 Å². The van der Waals surface area contributed by atoms with Crippen molar-refractivity contribution in [2.24, 2.45) is 7.05 Å². The molecule has 0 aliphatic carbocycles. The van der Waals surface area contributed by atoms with Gasteiger partial charge < -0.3 is 9.47 Å². The molecule has 0 aliphatic heterocycles. The minimum Gasteiger partial charge on any atom is -0.496 e. The maximum atomic E-state index is 6.32. The number of aromatic nitrogens is 2. The zero-order valence-electron chi connectivity index (χ0n) is 16.2. The number of hydrogen-bond donors (Lipinski definition) is 0. The predicted molar refractivity (Wildman–Crippen MR) is 107 cm³/mol. The van der Waals surface area contributed by atoms with Crippen molar-refractivity contribution in [2.45, 2.75) is 12.6 Å². The van der Waals surface area contributed by atoms with E-state index in [2.05, 4.69) is 41.3 Å². The fraction of sp³-hybridized carbons (Fsp3) is 0.318. The van der Waals surface area contributed by atoms with Gasteiger partial charge in [-0.25, -0.2) is 0 Å². The van der Waals surface area contributed by atoms with Gasteiger partial charge in [0.25, 0.3) is 0 Å². The number of ether oxygens (including phenoxy) is 2. The van der Waals surface area contributed by atoms with Crippen molar-refractivity contribution in [3.63, 3.8) is 0 Å². The number of hydrogen-bond acceptors (Lipinski definition) is 4. The molecule has 0 radical (unpaired) electrons.